The number of aliphatic hydroxyl groups is 1. The summed E-state index contributed by atoms with van der Waals surface area (Å²) < 4.78 is 0. The smallest absolute Gasteiger partial charge is 0.0695 e. The Morgan fingerprint density at radius 3 is 2.56 bits per heavy atom. The van der Waals surface area contributed by atoms with E-state index in [-0.39, 0.29) is 6.10 Å². The van der Waals surface area contributed by atoms with E-state index in [0.717, 1.165) is 18.8 Å². The summed E-state index contributed by atoms with van der Waals surface area (Å²) in [7, 11) is 2.18. The molecule has 2 heteroatoms. The van der Waals surface area contributed by atoms with E-state index in [1.165, 1.54) is 25.7 Å². The van der Waals surface area contributed by atoms with Crippen molar-refractivity contribution in [2.75, 3.05) is 7.05 Å². The van der Waals surface area contributed by atoms with Gasteiger partial charge in [0.05, 0.1) is 6.10 Å². The third-order valence-corrected chi connectivity index (χ3v) is 4.40. The van der Waals surface area contributed by atoms with Gasteiger partial charge in [0.2, 0.25) is 0 Å². The minimum Gasteiger partial charge on any atom is -0.391 e. The molecule has 1 rings (SSSR count). The minimum atomic E-state index is -0.105. The summed E-state index contributed by atoms with van der Waals surface area (Å²) in [5, 5.41) is 10.1. The number of aliphatic hydroxyl groups excluding tert-OH is 1. The summed E-state index contributed by atoms with van der Waals surface area (Å²) >= 11 is 0. The number of rotatable bonds is 5. The topological polar surface area (TPSA) is 23.5 Å². The van der Waals surface area contributed by atoms with E-state index in [2.05, 4.69) is 32.7 Å². The van der Waals surface area contributed by atoms with Crippen molar-refractivity contribution in [3.8, 4) is 0 Å². The summed E-state index contributed by atoms with van der Waals surface area (Å²) in [6.07, 6.45) is 7.08. The van der Waals surface area contributed by atoms with E-state index >= 15 is 0 Å². The molecule has 1 N–H and O–H groups in total. The average molecular weight is 227 g/mol. The Labute approximate surface area is 101 Å². The van der Waals surface area contributed by atoms with Crippen molar-refractivity contribution in [1.82, 2.24) is 4.90 Å². The second kappa shape index (κ2) is 6.61. The molecule has 0 saturated heterocycles. The van der Waals surface area contributed by atoms with Gasteiger partial charge in [0, 0.05) is 12.1 Å². The fourth-order valence-corrected chi connectivity index (χ4v) is 2.94. The zero-order valence-electron chi connectivity index (χ0n) is 11.4. The molecular formula is C14H29NO. The summed E-state index contributed by atoms with van der Waals surface area (Å²) in [5.41, 5.74) is 0. The third-order valence-electron chi connectivity index (χ3n) is 4.40. The highest BCUT2D eigenvalue weighted by Crippen LogP contribution is 2.31. The van der Waals surface area contributed by atoms with E-state index in [1.54, 1.807) is 0 Å². The highest BCUT2D eigenvalue weighted by Gasteiger charge is 2.32. The Bertz CT molecular complexity index is 195. The summed E-state index contributed by atoms with van der Waals surface area (Å²) in [4.78, 5) is 2.40. The maximum Gasteiger partial charge on any atom is 0.0695 e. The second-order valence-electron chi connectivity index (χ2n) is 5.53. The molecule has 0 aliphatic heterocycles. The number of nitrogens with zero attached hydrogens (tertiary/aromatic N) is 1. The van der Waals surface area contributed by atoms with Crippen LogP contribution in [0.2, 0.25) is 0 Å². The van der Waals surface area contributed by atoms with Crippen LogP contribution < -0.4 is 0 Å². The van der Waals surface area contributed by atoms with Gasteiger partial charge in [0.15, 0.2) is 0 Å². The molecule has 0 aromatic rings. The van der Waals surface area contributed by atoms with Crippen LogP contribution in [0.4, 0.5) is 0 Å². The van der Waals surface area contributed by atoms with Crippen molar-refractivity contribution in [2.24, 2.45) is 5.92 Å². The number of likely N-dealkylation sites (N-methyl/N-ethyl adjacent to an activating group) is 1. The molecule has 1 aliphatic rings. The maximum atomic E-state index is 10.1. The third kappa shape index (κ3) is 3.46. The van der Waals surface area contributed by atoms with Gasteiger partial charge in [-0.3, -0.25) is 4.90 Å². The molecule has 1 saturated carbocycles. The Balaban J connectivity index is 2.54. The molecule has 16 heavy (non-hydrogen) atoms. The van der Waals surface area contributed by atoms with Gasteiger partial charge < -0.3 is 5.11 Å². The Morgan fingerprint density at radius 1 is 1.31 bits per heavy atom. The summed E-state index contributed by atoms with van der Waals surface area (Å²) in [5.74, 6) is 0.838. The minimum absolute atomic E-state index is 0.105. The quantitative estimate of drug-likeness (QED) is 0.780. The highest BCUT2D eigenvalue weighted by molar-refractivity contribution is 4.87. The van der Waals surface area contributed by atoms with Gasteiger partial charge in [-0.25, -0.2) is 0 Å². The second-order valence-corrected chi connectivity index (χ2v) is 5.53. The summed E-state index contributed by atoms with van der Waals surface area (Å²) in [6, 6.07) is 0.972. The largest absolute Gasteiger partial charge is 0.391 e. The first-order valence-corrected chi connectivity index (χ1v) is 7.00. The lowest BCUT2D eigenvalue weighted by atomic mass is 9.80. The molecule has 1 fully saturated rings. The van der Waals surface area contributed by atoms with E-state index < -0.39 is 0 Å². The first-order valence-electron chi connectivity index (χ1n) is 7.00. The summed E-state index contributed by atoms with van der Waals surface area (Å²) in [6.45, 7) is 6.74. The van der Waals surface area contributed by atoms with Crippen LogP contribution in [0, 0.1) is 5.92 Å². The predicted molar refractivity (Wildman–Crippen MR) is 69.6 cm³/mol. The molecular weight excluding hydrogens is 198 g/mol. The van der Waals surface area contributed by atoms with Crippen LogP contribution in [0.25, 0.3) is 0 Å². The van der Waals surface area contributed by atoms with Crippen molar-refractivity contribution >= 4 is 0 Å². The molecule has 1 aliphatic carbocycles. The normalized spacial score (nSPS) is 33.0. The zero-order chi connectivity index (χ0) is 12.1. The van der Waals surface area contributed by atoms with Crippen LogP contribution in [-0.2, 0) is 0 Å². The van der Waals surface area contributed by atoms with Crippen LogP contribution in [0.5, 0.6) is 0 Å². The zero-order valence-corrected chi connectivity index (χ0v) is 11.4. The van der Waals surface area contributed by atoms with Crippen molar-refractivity contribution < 1.29 is 5.11 Å². The van der Waals surface area contributed by atoms with Gasteiger partial charge in [-0.05, 0) is 45.6 Å². The highest BCUT2D eigenvalue weighted by atomic mass is 16.3. The van der Waals surface area contributed by atoms with E-state index in [1.807, 2.05) is 0 Å². The van der Waals surface area contributed by atoms with Crippen molar-refractivity contribution in [3.63, 3.8) is 0 Å². The fourth-order valence-electron chi connectivity index (χ4n) is 2.94. The molecule has 0 spiro atoms. The molecule has 0 heterocycles. The molecule has 4 unspecified atom stereocenters. The number of hydrogen-bond acceptors (Lipinski definition) is 2. The monoisotopic (exact) mass is 227 g/mol. The van der Waals surface area contributed by atoms with Gasteiger partial charge in [0.1, 0.15) is 0 Å². The molecule has 2 nitrogen and oxygen atoms in total. The van der Waals surface area contributed by atoms with Crippen LogP contribution in [-0.4, -0.2) is 35.2 Å². The lowest BCUT2D eigenvalue weighted by Crippen LogP contribution is -2.48. The van der Waals surface area contributed by atoms with Gasteiger partial charge in [-0.1, -0.05) is 26.7 Å². The Morgan fingerprint density at radius 2 is 2.00 bits per heavy atom. The van der Waals surface area contributed by atoms with Gasteiger partial charge >= 0.3 is 0 Å². The maximum absolute atomic E-state index is 10.1. The Kier molecular flexibility index (Phi) is 5.77. The van der Waals surface area contributed by atoms with Crippen LogP contribution in [0.1, 0.15) is 59.3 Å². The van der Waals surface area contributed by atoms with Crippen molar-refractivity contribution in [3.05, 3.63) is 0 Å². The fraction of sp³-hybridized carbons (Fsp3) is 1.00. The van der Waals surface area contributed by atoms with Crippen LogP contribution in [0.3, 0.4) is 0 Å². The van der Waals surface area contributed by atoms with Crippen molar-refractivity contribution in [1.29, 1.82) is 0 Å². The lowest BCUT2D eigenvalue weighted by Gasteiger charge is -2.41. The average Bonchev–Trinajstić information content (AvgIpc) is 2.30. The predicted octanol–water partition coefficient (Wildman–Crippen LogP) is 3.05. The lowest BCUT2D eigenvalue weighted by molar-refractivity contribution is -0.00239. The van der Waals surface area contributed by atoms with Crippen LogP contribution in [0.15, 0.2) is 0 Å². The van der Waals surface area contributed by atoms with Gasteiger partial charge in [-0.2, -0.15) is 0 Å². The molecule has 4 atom stereocenters. The molecule has 0 aromatic heterocycles. The van der Waals surface area contributed by atoms with Gasteiger partial charge in [-0.15, -0.1) is 0 Å². The van der Waals surface area contributed by atoms with Crippen molar-refractivity contribution in [2.45, 2.75) is 77.5 Å². The number of hydrogen-bond donors (Lipinski definition) is 1. The molecule has 0 aromatic carbocycles. The first kappa shape index (κ1) is 14.0. The van der Waals surface area contributed by atoms with E-state index in [9.17, 15) is 5.11 Å². The standard InChI is InChI=1S/C14H29NO/c1-5-7-12-8-9-14(16)13(10-12)15(4)11(3)6-2/h11-14,16H,5-10H2,1-4H3. The molecule has 0 radical (unpaired) electrons. The molecule has 0 bridgehead atoms. The van der Waals surface area contributed by atoms with Crippen LogP contribution >= 0.6 is 0 Å². The van der Waals surface area contributed by atoms with E-state index in [4.69, 9.17) is 0 Å². The SMILES string of the molecule is CCCC1CCC(O)C(N(C)C(C)CC)C1. The molecule has 0 amide bonds. The van der Waals surface area contributed by atoms with E-state index in [0.29, 0.717) is 12.1 Å². The first-order chi connectivity index (χ1) is 7.60. The van der Waals surface area contributed by atoms with Gasteiger partial charge in [0.25, 0.3) is 0 Å². The Hall–Kier alpha value is -0.0800. The molecule has 96 valence electrons.